The van der Waals surface area contributed by atoms with Crippen LogP contribution < -0.4 is 0 Å². The van der Waals surface area contributed by atoms with E-state index in [9.17, 15) is 4.79 Å². The minimum absolute atomic E-state index is 0.275. The molecule has 0 unspecified atom stereocenters. The van der Waals surface area contributed by atoms with Crippen molar-refractivity contribution in [3.63, 3.8) is 0 Å². The topological polar surface area (TPSA) is 55.1 Å². The first-order chi connectivity index (χ1) is 7.09. The number of hydrogen-bond donors (Lipinski definition) is 1. The Kier molecular flexibility index (Phi) is 2.19. The molecule has 0 aliphatic rings. The lowest BCUT2D eigenvalue weighted by molar-refractivity contribution is 0.0697. The molecule has 0 aliphatic carbocycles. The maximum Gasteiger partial charge on any atom is 0.335 e. The zero-order valence-electron chi connectivity index (χ0n) is 8.64. The first kappa shape index (κ1) is 9.71. The van der Waals surface area contributed by atoms with Crippen LogP contribution in [0.3, 0.4) is 0 Å². The quantitative estimate of drug-likeness (QED) is 0.816. The lowest BCUT2D eigenvalue weighted by Crippen LogP contribution is -1.99. The summed E-state index contributed by atoms with van der Waals surface area (Å²) in [5, 5.41) is 8.83. The van der Waals surface area contributed by atoms with Crippen LogP contribution in [0.25, 0.3) is 11.0 Å². The number of hydrogen-bond acceptors (Lipinski definition) is 2. The van der Waals surface area contributed by atoms with Crippen molar-refractivity contribution in [2.75, 3.05) is 0 Å². The van der Waals surface area contributed by atoms with E-state index in [0.717, 1.165) is 11.0 Å². The number of nitrogens with zero attached hydrogens (tertiary/aromatic N) is 2. The van der Waals surface area contributed by atoms with Crippen molar-refractivity contribution >= 4 is 17.0 Å². The summed E-state index contributed by atoms with van der Waals surface area (Å²) in [7, 11) is 0. The van der Waals surface area contributed by atoms with Crippen LogP contribution in [0.2, 0.25) is 0 Å². The molecule has 1 aromatic heterocycles. The number of carbonyl (C=O) groups is 1. The third kappa shape index (κ3) is 1.58. The van der Waals surface area contributed by atoms with Gasteiger partial charge >= 0.3 is 5.97 Å². The summed E-state index contributed by atoms with van der Waals surface area (Å²) in [6.45, 7) is 4.12. The summed E-state index contributed by atoms with van der Waals surface area (Å²) < 4.78 is 2.01. The van der Waals surface area contributed by atoms with Crippen LogP contribution in [0.4, 0.5) is 0 Å². The van der Waals surface area contributed by atoms with E-state index >= 15 is 0 Å². The summed E-state index contributed by atoms with van der Waals surface area (Å²) in [4.78, 5) is 14.9. The molecule has 0 radical (unpaired) electrons. The molecular formula is C11H12N2O2. The molecule has 0 spiro atoms. The van der Waals surface area contributed by atoms with Gasteiger partial charge in [-0.1, -0.05) is 0 Å². The highest BCUT2D eigenvalue weighted by atomic mass is 16.4. The molecule has 1 heterocycles. The molecule has 0 bridgehead atoms. The molecule has 78 valence electrons. The van der Waals surface area contributed by atoms with Crippen molar-refractivity contribution in [3.8, 4) is 0 Å². The van der Waals surface area contributed by atoms with Crippen molar-refractivity contribution in [1.29, 1.82) is 0 Å². The van der Waals surface area contributed by atoms with E-state index in [1.807, 2.05) is 4.57 Å². The Morgan fingerprint density at radius 1 is 1.47 bits per heavy atom. The second-order valence-electron chi connectivity index (χ2n) is 3.75. The molecule has 0 saturated carbocycles. The van der Waals surface area contributed by atoms with Crippen molar-refractivity contribution in [2.45, 2.75) is 19.9 Å². The Morgan fingerprint density at radius 2 is 2.20 bits per heavy atom. The van der Waals surface area contributed by atoms with Gasteiger partial charge in [0.1, 0.15) is 0 Å². The van der Waals surface area contributed by atoms with Crippen molar-refractivity contribution in [2.24, 2.45) is 0 Å². The van der Waals surface area contributed by atoms with Gasteiger partial charge in [-0.2, -0.15) is 0 Å². The van der Waals surface area contributed by atoms with E-state index in [-0.39, 0.29) is 5.56 Å². The second-order valence-corrected chi connectivity index (χ2v) is 3.75. The fourth-order valence-corrected chi connectivity index (χ4v) is 1.58. The molecule has 0 aliphatic heterocycles. The molecular weight excluding hydrogens is 192 g/mol. The second kappa shape index (κ2) is 3.38. The Balaban J connectivity index is 2.61. The fourth-order valence-electron chi connectivity index (χ4n) is 1.58. The number of aromatic nitrogens is 2. The predicted molar refractivity (Wildman–Crippen MR) is 57.1 cm³/mol. The zero-order chi connectivity index (χ0) is 11.0. The summed E-state index contributed by atoms with van der Waals surface area (Å²) >= 11 is 0. The van der Waals surface area contributed by atoms with Crippen LogP contribution in [-0.2, 0) is 0 Å². The maximum absolute atomic E-state index is 10.8. The summed E-state index contributed by atoms with van der Waals surface area (Å²) in [6.07, 6.45) is 1.74. The van der Waals surface area contributed by atoms with E-state index < -0.39 is 5.97 Å². The molecule has 0 amide bonds. The van der Waals surface area contributed by atoms with Gasteiger partial charge in [0.25, 0.3) is 0 Å². The number of carboxylic acid groups (broad SMARTS) is 1. The number of rotatable bonds is 2. The van der Waals surface area contributed by atoms with Crippen molar-refractivity contribution in [1.82, 2.24) is 9.55 Å². The largest absolute Gasteiger partial charge is 0.478 e. The third-order valence-electron chi connectivity index (χ3n) is 2.38. The van der Waals surface area contributed by atoms with Gasteiger partial charge in [0.05, 0.1) is 22.9 Å². The van der Waals surface area contributed by atoms with Gasteiger partial charge < -0.3 is 9.67 Å². The van der Waals surface area contributed by atoms with Crippen LogP contribution in [0.15, 0.2) is 24.5 Å². The van der Waals surface area contributed by atoms with Crippen LogP contribution in [0.1, 0.15) is 30.2 Å². The summed E-state index contributed by atoms with van der Waals surface area (Å²) in [5.41, 5.74) is 1.97. The molecule has 2 rings (SSSR count). The number of benzene rings is 1. The maximum atomic E-state index is 10.8. The highest BCUT2D eigenvalue weighted by molar-refractivity contribution is 5.92. The van der Waals surface area contributed by atoms with Gasteiger partial charge in [-0.25, -0.2) is 9.78 Å². The molecule has 4 heteroatoms. The molecule has 1 N–H and O–H groups in total. The zero-order valence-corrected chi connectivity index (χ0v) is 8.64. The first-order valence-corrected chi connectivity index (χ1v) is 4.79. The Morgan fingerprint density at radius 3 is 2.80 bits per heavy atom. The first-order valence-electron chi connectivity index (χ1n) is 4.79. The lowest BCUT2D eigenvalue weighted by atomic mass is 10.2. The Bertz CT molecular complexity index is 514. The fraction of sp³-hybridized carbons (Fsp3) is 0.273. The molecule has 15 heavy (non-hydrogen) atoms. The number of fused-ring (bicyclic) bond motifs is 1. The molecule has 1 aromatic carbocycles. The minimum Gasteiger partial charge on any atom is -0.478 e. The van der Waals surface area contributed by atoms with Crippen molar-refractivity contribution in [3.05, 3.63) is 30.1 Å². The number of imidazole rings is 1. The van der Waals surface area contributed by atoms with Gasteiger partial charge in [-0.05, 0) is 32.0 Å². The minimum atomic E-state index is -0.920. The Hall–Kier alpha value is -1.84. The summed E-state index contributed by atoms with van der Waals surface area (Å²) in [6, 6.07) is 5.32. The normalized spacial score (nSPS) is 11.1. The van der Waals surface area contributed by atoms with Crippen LogP contribution in [0, 0.1) is 0 Å². The van der Waals surface area contributed by atoms with E-state index in [1.165, 1.54) is 0 Å². The highest BCUT2D eigenvalue weighted by Crippen LogP contribution is 2.18. The molecule has 0 atom stereocenters. The average molecular weight is 204 g/mol. The molecule has 2 aromatic rings. The molecule has 0 saturated heterocycles. The van der Waals surface area contributed by atoms with E-state index in [1.54, 1.807) is 24.5 Å². The van der Waals surface area contributed by atoms with Gasteiger partial charge in [-0.15, -0.1) is 0 Å². The molecule has 4 nitrogen and oxygen atoms in total. The summed E-state index contributed by atoms with van der Waals surface area (Å²) in [5.74, 6) is -0.920. The van der Waals surface area contributed by atoms with Gasteiger partial charge in [0.2, 0.25) is 0 Å². The monoisotopic (exact) mass is 204 g/mol. The lowest BCUT2D eigenvalue weighted by Gasteiger charge is -2.07. The van der Waals surface area contributed by atoms with Crippen LogP contribution in [-0.4, -0.2) is 20.6 Å². The number of aromatic carboxylic acids is 1. The van der Waals surface area contributed by atoms with E-state index in [4.69, 9.17) is 5.11 Å². The van der Waals surface area contributed by atoms with Gasteiger partial charge in [0.15, 0.2) is 0 Å². The van der Waals surface area contributed by atoms with Gasteiger partial charge in [-0.3, -0.25) is 0 Å². The van der Waals surface area contributed by atoms with E-state index in [2.05, 4.69) is 18.8 Å². The predicted octanol–water partition coefficient (Wildman–Crippen LogP) is 2.32. The smallest absolute Gasteiger partial charge is 0.335 e. The van der Waals surface area contributed by atoms with E-state index in [0.29, 0.717) is 6.04 Å². The van der Waals surface area contributed by atoms with Crippen LogP contribution >= 0.6 is 0 Å². The average Bonchev–Trinajstić information content (AvgIpc) is 2.59. The standard InChI is InChI=1S/C11H12N2O2/c1-7(2)13-6-12-9-5-8(11(14)15)3-4-10(9)13/h3-7H,1-2H3,(H,14,15). The van der Waals surface area contributed by atoms with Gasteiger partial charge in [0, 0.05) is 6.04 Å². The highest BCUT2D eigenvalue weighted by Gasteiger charge is 2.08. The number of carboxylic acids is 1. The van der Waals surface area contributed by atoms with Crippen LogP contribution in [0.5, 0.6) is 0 Å². The Labute approximate surface area is 87.2 Å². The SMILES string of the molecule is CC(C)n1cnc2cc(C(=O)O)ccc21. The third-order valence-corrected chi connectivity index (χ3v) is 2.38. The van der Waals surface area contributed by atoms with Crippen molar-refractivity contribution < 1.29 is 9.90 Å². The molecule has 0 fully saturated rings.